The molecule has 0 fully saturated rings. The number of methoxy groups -OCH3 is 1. The molecule has 0 aliphatic rings. The molecule has 0 radical (unpaired) electrons. The Hall–Kier alpha value is -1.79. The van der Waals surface area contributed by atoms with Crippen LogP contribution in [0, 0.1) is 11.6 Å². The zero-order chi connectivity index (χ0) is 14.4. The molecule has 1 aromatic carbocycles. The van der Waals surface area contributed by atoms with E-state index in [1.165, 1.54) is 6.07 Å². The van der Waals surface area contributed by atoms with E-state index in [-0.39, 0.29) is 12.1 Å². The molecule has 2 rings (SSSR count). The number of hydrogen-bond acceptors (Lipinski definition) is 3. The Morgan fingerprint density at radius 2 is 2.20 bits per heavy atom. The van der Waals surface area contributed by atoms with E-state index in [4.69, 9.17) is 4.74 Å². The predicted molar refractivity (Wildman–Crippen MR) is 71.3 cm³/mol. The largest absolute Gasteiger partial charge is 0.383 e. The van der Waals surface area contributed by atoms with Crippen molar-refractivity contribution in [3.05, 3.63) is 53.4 Å². The van der Waals surface area contributed by atoms with Crippen molar-refractivity contribution in [2.45, 2.75) is 13.1 Å². The summed E-state index contributed by atoms with van der Waals surface area (Å²) in [5.41, 5.74) is 1.27. The van der Waals surface area contributed by atoms with E-state index in [9.17, 15) is 8.78 Å². The second-order valence-corrected chi connectivity index (χ2v) is 4.45. The van der Waals surface area contributed by atoms with E-state index in [1.54, 1.807) is 18.0 Å². The number of nitrogens with zero attached hydrogens (tertiary/aromatic N) is 2. The quantitative estimate of drug-likeness (QED) is 0.788. The third-order valence-electron chi connectivity index (χ3n) is 2.84. The molecule has 0 aliphatic carbocycles. The van der Waals surface area contributed by atoms with Gasteiger partial charge in [0.1, 0.15) is 11.6 Å². The molecule has 6 heteroatoms. The number of ether oxygens (including phenoxy) is 1. The summed E-state index contributed by atoms with van der Waals surface area (Å²) < 4.78 is 33.1. The summed E-state index contributed by atoms with van der Waals surface area (Å²) in [7, 11) is 1.65. The highest BCUT2D eigenvalue weighted by atomic mass is 19.1. The SMILES string of the molecule is COCCNCc1cnn(Cc2cc(F)ccc2F)c1. The number of nitrogens with one attached hydrogen (secondary N) is 1. The molecule has 2 aromatic rings. The van der Waals surface area contributed by atoms with Crippen LogP contribution < -0.4 is 5.32 Å². The highest BCUT2D eigenvalue weighted by molar-refractivity contribution is 5.19. The van der Waals surface area contributed by atoms with Crippen molar-refractivity contribution < 1.29 is 13.5 Å². The lowest BCUT2D eigenvalue weighted by atomic mass is 10.2. The molecule has 0 saturated heterocycles. The summed E-state index contributed by atoms with van der Waals surface area (Å²) in [4.78, 5) is 0. The van der Waals surface area contributed by atoms with Crippen LogP contribution in [0.3, 0.4) is 0 Å². The number of hydrogen-bond donors (Lipinski definition) is 1. The highest BCUT2D eigenvalue weighted by Crippen LogP contribution is 2.11. The zero-order valence-corrected chi connectivity index (χ0v) is 11.3. The summed E-state index contributed by atoms with van der Waals surface area (Å²) in [5, 5.41) is 7.33. The average molecular weight is 281 g/mol. The lowest BCUT2D eigenvalue weighted by Crippen LogP contribution is -2.18. The lowest BCUT2D eigenvalue weighted by molar-refractivity contribution is 0.199. The molecule has 0 atom stereocenters. The van der Waals surface area contributed by atoms with Crippen molar-refractivity contribution in [3.63, 3.8) is 0 Å². The minimum atomic E-state index is -0.449. The molecule has 0 saturated carbocycles. The number of benzene rings is 1. The van der Waals surface area contributed by atoms with E-state index < -0.39 is 11.6 Å². The van der Waals surface area contributed by atoms with Gasteiger partial charge in [-0.25, -0.2) is 8.78 Å². The highest BCUT2D eigenvalue weighted by Gasteiger charge is 2.06. The van der Waals surface area contributed by atoms with Gasteiger partial charge in [-0.15, -0.1) is 0 Å². The van der Waals surface area contributed by atoms with Crippen molar-refractivity contribution in [1.82, 2.24) is 15.1 Å². The van der Waals surface area contributed by atoms with Crippen LogP contribution >= 0.6 is 0 Å². The minimum Gasteiger partial charge on any atom is -0.383 e. The Bertz CT molecular complexity index is 557. The van der Waals surface area contributed by atoms with Crippen LogP contribution in [-0.2, 0) is 17.8 Å². The Balaban J connectivity index is 1.93. The van der Waals surface area contributed by atoms with E-state index in [2.05, 4.69) is 10.4 Å². The van der Waals surface area contributed by atoms with E-state index in [1.807, 2.05) is 6.20 Å². The first-order chi connectivity index (χ1) is 9.69. The molecular formula is C14H17F2N3O. The van der Waals surface area contributed by atoms with Crippen LogP contribution in [0.1, 0.15) is 11.1 Å². The van der Waals surface area contributed by atoms with Crippen molar-refractivity contribution >= 4 is 0 Å². The molecule has 0 aliphatic heterocycles. The lowest BCUT2D eigenvalue weighted by Gasteiger charge is -2.04. The van der Waals surface area contributed by atoms with Crippen molar-refractivity contribution in [1.29, 1.82) is 0 Å². The fraction of sp³-hybridized carbons (Fsp3) is 0.357. The average Bonchev–Trinajstić information content (AvgIpc) is 2.87. The summed E-state index contributed by atoms with van der Waals surface area (Å²) in [6.45, 7) is 2.26. The molecule has 4 nitrogen and oxygen atoms in total. The van der Waals surface area contributed by atoms with E-state index >= 15 is 0 Å². The van der Waals surface area contributed by atoms with Gasteiger partial charge in [0.05, 0.1) is 19.3 Å². The minimum absolute atomic E-state index is 0.210. The third kappa shape index (κ3) is 4.11. The second-order valence-electron chi connectivity index (χ2n) is 4.45. The maximum Gasteiger partial charge on any atom is 0.128 e. The van der Waals surface area contributed by atoms with Crippen molar-refractivity contribution in [2.75, 3.05) is 20.3 Å². The van der Waals surface area contributed by atoms with Gasteiger partial charge in [-0.2, -0.15) is 5.10 Å². The normalized spacial score (nSPS) is 10.9. The van der Waals surface area contributed by atoms with Crippen LogP contribution in [0.5, 0.6) is 0 Å². The zero-order valence-electron chi connectivity index (χ0n) is 11.3. The monoisotopic (exact) mass is 281 g/mol. The first-order valence-corrected chi connectivity index (χ1v) is 6.34. The molecule has 1 aromatic heterocycles. The topological polar surface area (TPSA) is 39.1 Å². The first-order valence-electron chi connectivity index (χ1n) is 6.34. The maximum atomic E-state index is 13.5. The summed E-state index contributed by atoms with van der Waals surface area (Å²) >= 11 is 0. The number of halogens is 2. The standard InChI is InChI=1S/C14H17F2N3O/c1-20-5-4-17-7-11-8-18-19(9-11)10-12-6-13(15)2-3-14(12)16/h2-3,6,8-9,17H,4-5,7,10H2,1H3. The summed E-state index contributed by atoms with van der Waals surface area (Å²) in [6.07, 6.45) is 3.52. The van der Waals surface area contributed by atoms with Gasteiger partial charge >= 0.3 is 0 Å². The van der Waals surface area contributed by atoms with Gasteiger partial charge in [0.15, 0.2) is 0 Å². The fourth-order valence-electron chi connectivity index (χ4n) is 1.83. The van der Waals surface area contributed by atoms with Crippen molar-refractivity contribution in [3.8, 4) is 0 Å². The van der Waals surface area contributed by atoms with Gasteiger partial charge < -0.3 is 10.1 Å². The Labute approximate surface area is 116 Å². The second kappa shape index (κ2) is 7.12. The molecule has 1 heterocycles. The van der Waals surface area contributed by atoms with Gasteiger partial charge in [-0.3, -0.25) is 4.68 Å². The molecule has 0 spiro atoms. The van der Waals surface area contributed by atoms with Gasteiger partial charge in [0.2, 0.25) is 0 Å². The molecule has 108 valence electrons. The van der Waals surface area contributed by atoms with Crippen LogP contribution in [-0.4, -0.2) is 30.0 Å². The molecular weight excluding hydrogens is 264 g/mol. The molecule has 0 unspecified atom stereocenters. The Kier molecular flexibility index (Phi) is 5.20. The molecule has 0 bridgehead atoms. The van der Waals surface area contributed by atoms with Crippen LogP contribution in [0.4, 0.5) is 8.78 Å². The van der Waals surface area contributed by atoms with Crippen LogP contribution in [0.15, 0.2) is 30.6 Å². The summed E-state index contributed by atoms with van der Waals surface area (Å²) in [6, 6.07) is 3.42. The number of aromatic nitrogens is 2. The summed E-state index contributed by atoms with van der Waals surface area (Å²) in [5.74, 6) is -0.878. The fourth-order valence-corrected chi connectivity index (χ4v) is 1.83. The van der Waals surface area contributed by atoms with Gasteiger partial charge in [-0.05, 0) is 18.2 Å². The molecule has 1 N–H and O–H groups in total. The third-order valence-corrected chi connectivity index (χ3v) is 2.84. The van der Waals surface area contributed by atoms with Gasteiger partial charge in [-0.1, -0.05) is 0 Å². The predicted octanol–water partition coefficient (Wildman–Crippen LogP) is 1.95. The number of rotatable bonds is 7. The van der Waals surface area contributed by atoms with E-state index in [0.717, 1.165) is 24.2 Å². The van der Waals surface area contributed by atoms with E-state index in [0.29, 0.717) is 13.2 Å². The van der Waals surface area contributed by atoms with Gasteiger partial charge in [0.25, 0.3) is 0 Å². The Morgan fingerprint density at radius 3 is 3.00 bits per heavy atom. The van der Waals surface area contributed by atoms with Gasteiger partial charge in [0, 0.05) is 37.5 Å². The molecule has 0 amide bonds. The smallest absolute Gasteiger partial charge is 0.128 e. The molecule has 20 heavy (non-hydrogen) atoms. The maximum absolute atomic E-state index is 13.5. The first kappa shape index (κ1) is 14.6. The Morgan fingerprint density at radius 1 is 1.35 bits per heavy atom. The van der Waals surface area contributed by atoms with Crippen molar-refractivity contribution in [2.24, 2.45) is 0 Å². The van der Waals surface area contributed by atoms with Crippen LogP contribution in [0.25, 0.3) is 0 Å². The van der Waals surface area contributed by atoms with Crippen LogP contribution in [0.2, 0.25) is 0 Å².